The van der Waals surface area contributed by atoms with E-state index in [0.717, 1.165) is 38.3 Å². The van der Waals surface area contributed by atoms with Crippen molar-refractivity contribution in [3.8, 4) is 0 Å². The number of anilines is 1. The summed E-state index contributed by atoms with van der Waals surface area (Å²) in [5.41, 5.74) is 0. The molecule has 0 bridgehead atoms. The van der Waals surface area contributed by atoms with Gasteiger partial charge >= 0.3 is 0 Å². The van der Waals surface area contributed by atoms with Crippen molar-refractivity contribution in [1.29, 1.82) is 0 Å². The number of piperidine rings is 1. The SMILES string of the molecule is O=C(NC1CCN(c2ncccn2)CC1)[C@@H]1C[C@H]2CCCC[C@@H]2N1. The first-order valence-corrected chi connectivity index (χ1v) is 9.38. The molecule has 0 spiro atoms. The highest BCUT2D eigenvalue weighted by Gasteiger charge is 2.38. The molecule has 1 aromatic heterocycles. The molecule has 1 aromatic rings. The second-order valence-corrected chi connectivity index (χ2v) is 7.42. The molecule has 2 N–H and O–H groups in total. The number of rotatable bonds is 3. The molecule has 0 unspecified atom stereocenters. The second-order valence-electron chi connectivity index (χ2n) is 7.42. The third-order valence-electron chi connectivity index (χ3n) is 5.86. The Hall–Kier alpha value is -1.69. The van der Waals surface area contributed by atoms with Crippen LogP contribution in [0.5, 0.6) is 0 Å². The van der Waals surface area contributed by atoms with Crippen LogP contribution < -0.4 is 15.5 Å². The van der Waals surface area contributed by atoms with Crippen LogP contribution >= 0.6 is 0 Å². The molecule has 24 heavy (non-hydrogen) atoms. The molecule has 4 rings (SSSR count). The van der Waals surface area contributed by atoms with Gasteiger partial charge in [-0.1, -0.05) is 12.8 Å². The molecule has 130 valence electrons. The van der Waals surface area contributed by atoms with Gasteiger partial charge in [-0.2, -0.15) is 0 Å². The molecular formula is C18H27N5O. The average molecular weight is 329 g/mol. The minimum atomic E-state index is 0.0218. The van der Waals surface area contributed by atoms with Crippen LogP contribution in [0.1, 0.15) is 44.9 Å². The molecule has 3 heterocycles. The highest BCUT2D eigenvalue weighted by Crippen LogP contribution is 2.33. The Morgan fingerprint density at radius 1 is 1.12 bits per heavy atom. The molecule has 3 atom stereocenters. The highest BCUT2D eigenvalue weighted by molar-refractivity contribution is 5.82. The number of carbonyl (C=O) groups excluding carboxylic acids is 1. The number of nitrogens with zero attached hydrogens (tertiary/aromatic N) is 3. The molecule has 3 fully saturated rings. The van der Waals surface area contributed by atoms with E-state index in [2.05, 4.69) is 25.5 Å². The molecule has 1 amide bonds. The summed E-state index contributed by atoms with van der Waals surface area (Å²) in [6, 6.07) is 2.71. The second kappa shape index (κ2) is 7.05. The molecule has 6 heteroatoms. The molecule has 0 aromatic carbocycles. The van der Waals surface area contributed by atoms with Crippen molar-refractivity contribution in [1.82, 2.24) is 20.6 Å². The van der Waals surface area contributed by atoms with Crippen molar-refractivity contribution in [2.24, 2.45) is 5.92 Å². The molecule has 2 aliphatic heterocycles. The maximum absolute atomic E-state index is 12.6. The van der Waals surface area contributed by atoms with E-state index in [9.17, 15) is 4.79 Å². The zero-order valence-electron chi connectivity index (χ0n) is 14.2. The van der Waals surface area contributed by atoms with E-state index in [1.807, 2.05) is 6.07 Å². The van der Waals surface area contributed by atoms with Crippen LogP contribution in [-0.4, -0.2) is 47.1 Å². The molecule has 1 aliphatic carbocycles. The van der Waals surface area contributed by atoms with Crippen LogP contribution in [0.15, 0.2) is 18.5 Å². The highest BCUT2D eigenvalue weighted by atomic mass is 16.2. The van der Waals surface area contributed by atoms with Crippen molar-refractivity contribution in [2.45, 2.75) is 63.1 Å². The molecule has 1 saturated carbocycles. The largest absolute Gasteiger partial charge is 0.352 e. The first-order valence-electron chi connectivity index (χ1n) is 9.38. The Labute approximate surface area is 143 Å². The fourth-order valence-corrected chi connectivity index (χ4v) is 4.50. The van der Waals surface area contributed by atoms with Gasteiger partial charge in [0.2, 0.25) is 11.9 Å². The lowest BCUT2D eigenvalue weighted by Crippen LogP contribution is -2.50. The number of hydrogen-bond donors (Lipinski definition) is 2. The standard InChI is InChI=1S/C18H27N5O/c24-17(16-12-13-4-1-2-5-15(13)22-16)21-14-6-10-23(11-7-14)18-19-8-3-9-20-18/h3,8-9,13-16,22H,1-2,4-7,10-12H2,(H,21,24)/t13-,15+,16+/m1/s1. The Morgan fingerprint density at radius 2 is 1.88 bits per heavy atom. The Morgan fingerprint density at radius 3 is 2.62 bits per heavy atom. The van der Waals surface area contributed by atoms with Gasteiger partial charge in [-0.25, -0.2) is 9.97 Å². The van der Waals surface area contributed by atoms with Gasteiger partial charge in [-0.05, 0) is 44.1 Å². The third-order valence-corrected chi connectivity index (χ3v) is 5.86. The van der Waals surface area contributed by atoms with Crippen LogP contribution in [0.3, 0.4) is 0 Å². The van der Waals surface area contributed by atoms with E-state index in [4.69, 9.17) is 0 Å². The maximum Gasteiger partial charge on any atom is 0.237 e. The van der Waals surface area contributed by atoms with Crippen LogP contribution in [0, 0.1) is 5.92 Å². The minimum Gasteiger partial charge on any atom is -0.352 e. The number of nitrogens with one attached hydrogen (secondary N) is 2. The number of fused-ring (bicyclic) bond motifs is 1. The first-order chi connectivity index (χ1) is 11.8. The third kappa shape index (κ3) is 3.38. The summed E-state index contributed by atoms with van der Waals surface area (Å²) in [5.74, 6) is 1.72. The summed E-state index contributed by atoms with van der Waals surface area (Å²) in [4.78, 5) is 23.4. The van der Waals surface area contributed by atoms with Crippen molar-refractivity contribution in [3.05, 3.63) is 18.5 Å². The Balaban J connectivity index is 1.26. The summed E-state index contributed by atoms with van der Waals surface area (Å²) in [7, 11) is 0. The zero-order chi connectivity index (χ0) is 16.4. The summed E-state index contributed by atoms with van der Waals surface area (Å²) in [6.07, 6.45) is 11.7. The maximum atomic E-state index is 12.6. The number of amides is 1. The fourth-order valence-electron chi connectivity index (χ4n) is 4.50. The van der Waals surface area contributed by atoms with E-state index < -0.39 is 0 Å². The summed E-state index contributed by atoms with van der Waals surface area (Å²) in [5, 5.41) is 6.85. The topological polar surface area (TPSA) is 70.2 Å². The van der Waals surface area contributed by atoms with E-state index in [0.29, 0.717) is 12.0 Å². The fraction of sp³-hybridized carbons (Fsp3) is 0.722. The van der Waals surface area contributed by atoms with E-state index in [1.165, 1.54) is 25.7 Å². The van der Waals surface area contributed by atoms with Gasteiger partial charge in [-0.15, -0.1) is 0 Å². The Bertz CT molecular complexity index is 544. The van der Waals surface area contributed by atoms with Crippen molar-refractivity contribution in [3.63, 3.8) is 0 Å². The summed E-state index contributed by atoms with van der Waals surface area (Å²) >= 11 is 0. The van der Waals surface area contributed by atoms with Crippen LogP contribution in [0.2, 0.25) is 0 Å². The predicted molar refractivity (Wildman–Crippen MR) is 92.7 cm³/mol. The number of carbonyl (C=O) groups is 1. The monoisotopic (exact) mass is 329 g/mol. The van der Waals surface area contributed by atoms with Crippen molar-refractivity contribution >= 4 is 11.9 Å². The summed E-state index contributed by atoms with van der Waals surface area (Å²) < 4.78 is 0. The van der Waals surface area contributed by atoms with Gasteiger partial charge in [0.25, 0.3) is 0 Å². The molecule has 3 aliphatic rings. The van der Waals surface area contributed by atoms with Gasteiger partial charge in [-0.3, -0.25) is 4.79 Å². The molecular weight excluding hydrogens is 302 g/mol. The van der Waals surface area contributed by atoms with Crippen LogP contribution in [-0.2, 0) is 4.79 Å². The quantitative estimate of drug-likeness (QED) is 0.879. The van der Waals surface area contributed by atoms with Gasteiger partial charge in [0.1, 0.15) is 0 Å². The molecule has 0 radical (unpaired) electrons. The van der Waals surface area contributed by atoms with Gasteiger partial charge in [0.15, 0.2) is 0 Å². The normalized spacial score (nSPS) is 30.8. The minimum absolute atomic E-state index is 0.0218. The lowest BCUT2D eigenvalue weighted by Gasteiger charge is -2.32. The smallest absolute Gasteiger partial charge is 0.237 e. The number of aromatic nitrogens is 2. The van der Waals surface area contributed by atoms with Crippen molar-refractivity contribution in [2.75, 3.05) is 18.0 Å². The van der Waals surface area contributed by atoms with Gasteiger partial charge in [0.05, 0.1) is 6.04 Å². The summed E-state index contributed by atoms with van der Waals surface area (Å²) in [6.45, 7) is 1.80. The van der Waals surface area contributed by atoms with Gasteiger partial charge in [0, 0.05) is 37.6 Å². The average Bonchev–Trinajstić information content (AvgIpc) is 3.07. The molecule has 2 saturated heterocycles. The van der Waals surface area contributed by atoms with E-state index >= 15 is 0 Å². The van der Waals surface area contributed by atoms with E-state index in [-0.39, 0.29) is 18.0 Å². The van der Waals surface area contributed by atoms with Crippen LogP contribution in [0.4, 0.5) is 5.95 Å². The predicted octanol–water partition coefficient (Wildman–Crippen LogP) is 1.48. The van der Waals surface area contributed by atoms with Gasteiger partial charge < -0.3 is 15.5 Å². The lowest BCUT2D eigenvalue weighted by molar-refractivity contribution is -0.123. The zero-order valence-corrected chi connectivity index (χ0v) is 14.2. The van der Waals surface area contributed by atoms with E-state index in [1.54, 1.807) is 12.4 Å². The number of hydrogen-bond acceptors (Lipinski definition) is 5. The molecule has 6 nitrogen and oxygen atoms in total. The lowest BCUT2D eigenvalue weighted by atomic mass is 9.85. The Kier molecular flexibility index (Phi) is 4.65. The van der Waals surface area contributed by atoms with Crippen molar-refractivity contribution < 1.29 is 4.79 Å². The first kappa shape index (κ1) is 15.8. The van der Waals surface area contributed by atoms with Crippen LogP contribution in [0.25, 0.3) is 0 Å².